The molecule has 0 aliphatic heterocycles. The summed E-state index contributed by atoms with van der Waals surface area (Å²) in [5.41, 5.74) is 0. The molecule has 2 atom stereocenters. The number of carboxylic acids is 1. The SMILES string of the molecule is CCCCCCCCCC(Cl)C(Cl)CCCCCCC(=O)O. The lowest BCUT2D eigenvalue weighted by molar-refractivity contribution is -0.137. The Labute approximate surface area is 147 Å². The molecule has 0 rings (SSSR count). The number of aliphatic carboxylic acids is 1. The molecule has 132 valence electrons. The van der Waals surface area contributed by atoms with Crippen LogP contribution in [0.4, 0.5) is 0 Å². The minimum Gasteiger partial charge on any atom is -0.481 e. The molecule has 22 heavy (non-hydrogen) atoms. The molecule has 2 nitrogen and oxygen atoms in total. The Morgan fingerprint density at radius 3 is 1.64 bits per heavy atom. The Balaban J connectivity index is 3.39. The molecule has 0 amide bonds. The molecule has 0 saturated heterocycles. The zero-order valence-corrected chi connectivity index (χ0v) is 15.7. The second kappa shape index (κ2) is 15.9. The lowest BCUT2D eigenvalue weighted by Crippen LogP contribution is -2.14. The van der Waals surface area contributed by atoms with Crippen molar-refractivity contribution in [2.75, 3.05) is 0 Å². The van der Waals surface area contributed by atoms with Gasteiger partial charge in [-0.2, -0.15) is 0 Å². The van der Waals surface area contributed by atoms with Gasteiger partial charge >= 0.3 is 5.97 Å². The number of hydrogen-bond donors (Lipinski definition) is 1. The first-order valence-corrected chi connectivity index (χ1v) is 9.95. The van der Waals surface area contributed by atoms with E-state index in [4.69, 9.17) is 28.3 Å². The van der Waals surface area contributed by atoms with Crippen LogP contribution >= 0.6 is 23.2 Å². The third kappa shape index (κ3) is 15.0. The van der Waals surface area contributed by atoms with Gasteiger partial charge in [-0.1, -0.05) is 71.1 Å². The average Bonchev–Trinajstić information content (AvgIpc) is 2.49. The number of unbranched alkanes of at least 4 members (excludes halogenated alkanes) is 9. The lowest BCUT2D eigenvalue weighted by Gasteiger charge is -2.15. The highest BCUT2D eigenvalue weighted by atomic mass is 35.5. The summed E-state index contributed by atoms with van der Waals surface area (Å²) in [5.74, 6) is -0.703. The Morgan fingerprint density at radius 2 is 1.18 bits per heavy atom. The molecule has 0 spiro atoms. The van der Waals surface area contributed by atoms with Gasteiger partial charge in [0.25, 0.3) is 0 Å². The molecule has 2 unspecified atom stereocenters. The maximum atomic E-state index is 10.4. The highest BCUT2D eigenvalue weighted by Crippen LogP contribution is 2.23. The first-order valence-electron chi connectivity index (χ1n) is 9.07. The summed E-state index contributed by atoms with van der Waals surface area (Å²) in [4.78, 5) is 10.4. The van der Waals surface area contributed by atoms with Crippen molar-refractivity contribution in [3.05, 3.63) is 0 Å². The van der Waals surface area contributed by atoms with Crippen molar-refractivity contribution in [2.24, 2.45) is 0 Å². The fourth-order valence-corrected chi connectivity index (χ4v) is 3.19. The summed E-state index contributed by atoms with van der Waals surface area (Å²) in [6.45, 7) is 2.24. The van der Waals surface area contributed by atoms with Gasteiger partial charge in [0, 0.05) is 17.2 Å². The van der Waals surface area contributed by atoms with Crippen LogP contribution in [0.3, 0.4) is 0 Å². The first-order chi connectivity index (χ1) is 10.6. The molecule has 0 aliphatic rings. The van der Waals surface area contributed by atoms with Crippen molar-refractivity contribution in [1.82, 2.24) is 0 Å². The fraction of sp³-hybridized carbons (Fsp3) is 0.944. The number of carboxylic acid groups (broad SMARTS) is 1. The van der Waals surface area contributed by atoms with E-state index in [2.05, 4.69) is 6.92 Å². The van der Waals surface area contributed by atoms with E-state index in [0.29, 0.717) is 0 Å². The smallest absolute Gasteiger partial charge is 0.303 e. The number of alkyl halides is 2. The Hall–Kier alpha value is 0.0500. The predicted octanol–water partition coefficient (Wildman–Crippen LogP) is 6.77. The van der Waals surface area contributed by atoms with Crippen LogP contribution < -0.4 is 0 Å². The van der Waals surface area contributed by atoms with E-state index in [9.17, 15) is 4.79 Å². The van der Waals surface area contributed by atoms with Gasteiger partial charge in [0.15, 0.2) is 0 Å². The number of carbonyl (C=O) groups is 1. The van der Waals surface area contributed by atoms with Gasteiger partial charge in [-0.25, -0.2) is 0 Å². The molecule has 0 aromatic rings. The van der Waals surface area contributed by atoms with Gasteiger partial charge in [-0.05, 0) is 19.3 Å². The zero-order chi connectivity index (χ0) is 16.6. The third-order valence-electron chi connectivity index (χ3n) is 4.10. The minimum atomic E-state index is -0.703. The Kier molecular flexibility index (Phi) is 16.0. The van der Waals surface area contributed by atoms with E-state index in [0.717, 1.165) is 38.5 Å². The van der Waals surface area contributed by atoms with Crippen LogP contribution in [0, 0.1) is 0 Å². The van der Waals surface area contributed by atoms with Crippen LogP contribution in [0.15, 0.2) is 0 Å². The summed E-state index contributed by atoms with van der Waals surface area (Å²) in [6.07, 6.45) is 15.2. The van der Waals surface area contributed by atoms with E-state index in [1.54, 1.807) is 0 Å². The molecule has 0 radical (unpaired) electrons. The minimum absolute atomic E-state index is 0.0567. The normalized spacial score (nSPS) is 14.0. The summed E-state index contributed by atoms with van der Waals surface area (Å²) in [7, 11) is 0. The highest BCUT2D eigenvalue weighted by molar-refractivity contribution is 6.29. The average molecular weight is 353 g/mol. The first kappa shape index (κ1) is 22.1. The molecule has 1 N–H and O–H groups in total. The molecule has 0 bridgehead atoms. The summed E-state index contributed by atoms with van der Waals surface area (Å²) < 4.78 is 0. The van der Waals surface area contributed by atoms with E-state index in [1.165, 1.54) is 44.9 Å². The van der Waals surface area contributed by atoms with Crippen LogP contribution in [0.25, 0.3) is 0 Å². The monoisotopic (exact) mass is 352 g/mol. The maximum Gasteiger partial charge on any atom is 0.303 e. The van der Waals surface area contributed by atoms with Crippen molar-refractivity contribution >= 4 is 29.2 Å². The maximum absolute atomic E-state index is 10.4. The van der Waals surface area contributed by atoms with Crippen LogP contribution in [0.5, 0.6) is 0 Å². The highest BCUT2D eigenvalue weighted by Gasteiger charge is 2.15. The van der Waals surface area contributed by atoms with Gasteiger partial charge in [-0.3, -0.25) is 4.79 Å². The second-order valence-electron chi connectivity index (χ2n) is 6.29. The lowest BCUT2D eigenvalue weighted by atomic mass is 10.0. The molecular formula is C18H34Cl2O2. The van der Waals surface area contributed by atoms with E-state index in [1.807, 2.05) is 0 Å². The molecule has 4 heteroatoms. The molecule has 0 aromatic carbocycles. The van der Waals surface area contributed by atoms with E-state index in [-0.39, 0.29) is 17.2 Å². The summed E-state index contributed by atoms with van der Waals surface area (Å²) in [6, 6.07) is 0. The van der Waals surface area contributed by atoms with Gasteiger partial charge in [0.1, 0.15) is 0 Å². The number of halogens is 2. The summed E-state index contributed by atoms with van der Waals surface area (Å²) in [5, 5.41) is 8.69. The van der Waals surface area contributed by atoms with Crippen molar-refractivity contribution in [3.8, 4) is 0 Å². The molecule has 0 aromatic heterocycles. The third-order valence-corrected chi connectivity index (χ3v) is 5.27. The standard InChI is InChI=1S/C18H34Cl2O2/c1-2-3-4-5-6-7-10-13-16(19)17(20)14-11-8-9-12-15-18(21)22/h16-17H,2-15H2,1H3,(H,21,22). The fourth-order valence-electron chi connectivity index (χ4n) is 2.63. The summed E-state index contributed by atoms with van der Waals surface area (Å²) >= 11 is 12.7. The van der Waals surface area contributed by atoms with Crippen molar-refractivity contribution in [1.29, 1.82) is 0 Å². The molecular weight excluding hydrogens is 319 g/mol. The van der Waals surface area contributed by atoms with Crippen LogP contribution in [-0.2, 0) is 4.79 Å². The van der Waals surface area contributed by atoms with Crippen LogP contribution in [0.2, 0.25) is 0 Å². The van der Waals surface area contributed by atoms with Crippen molar-refractivity contribution < 1.29 is 9.90 Å². The van der Waals surface area contributed by atoms with Gasteiger partial charge < -0.3 is 5.11 Å². The van der Waals surface area contributed by atoms with E-state index < -0.39 is 5.97 Å². The van der Waals surface area contributed by atoms with Crippen LogP contribution in [0.1, 0.15) is 96.8 Å². The van der Waals surface area contributed by atoms with Crippen molar-refractivity contribution in [2.45, 2.75) is 108 Å². The number of rotatable bonds is 16. The molecule has 0 heterocycles. The van der Waals surface area contributed by atoms with E-state index >= 15 is 0 Å². The van der Waals surface area contributed by atoms with Gasteiger partial charge in [0.2, 0.25) is 0 Å². The molecule has 0 aliphatic carbocycles. The largest absolute Gasteiger partial charge is 0.481 e. The van der Waals surface area contributed by atoms with Crippen LogP contribution in [-0.4, -0.2) is 21.8 Å². The Bertz CT molecular complexity index is 259. The zero-order valence-electron chi connectivity index (χ0n) is 14.2. The number of hydrogen-bond acceptors (Lipinski definition) is 1. The van der Waals surface area contributed by atoms with Crippen molar-refractivity contribution in [3.63, 3.8) is 0 Å². The quantitative estimate of drug-likeness (QED) is 0.246. The van der Waals surface area contributed by atoms with Gasteiger partial charge in [0.05, 0.1) is 0 Å². The molecule has 0 saturated carbocycles. The Morgan fingerprint density at radius 1 is 0.773 bits per heavy atom. The second-order valence-corrected chi connectivity index (χ2v) is 7.41. The van der Waals surface area contributed by atoms with Gasteiger partial charge in [-0.15, -0.1) is 23.2 Å². The molecule has 0 fully saturated rings. The topological polar surface area (TPSA) is 37.3 Å². The predicted molar refractivity (Wildman–Crippen MR) is 97.2 cm³/mol.